The minimum absolute atomic E-state index is 0.670. The van der Waals surface area contributed by atoms with Crippen LogP contribution in [0.5, 0.6) is 0 Å². The number of likely N-dealkylation sites (tertiary alicyclic amines) is 1. The monoisotopic (exact) mass is 195 g/mol. The molecule has 2 rings (SSSR count). The van der Waals surface area contributed by atoms with Crippen LogP contribution in [0, 0.1) is 5.92 Å². The quantitative estimate of drug-likeness (QED) is 0.712. The van der Waals surface area contributed by atoms with Crippen molar-refractivity contribution in [1.29, 1.82) is 0 Å². The average Bonchev–Trinajstić information content (AvgIpc) is 2.77. The number of nitrogens with two attached hydrogens (primary N) is 1. The molecule has 0 bridgehead atoms. The zero-order valence-corrected chi connectivity index (χ0v) is 8.56. The summed E-state index contributed by atoms with van der Waals surface area (Å²) in [4.78, 5) is 6.60. The molecule has 1 saturated heterocycles. The van der Waals surface area contributed by atoms with Gasteiger partial charge in [0.1, 0.15) is 12.2 Å². The van der Waals surface area contributed by atoms with Crippen LogP contribution >= 0.6 is 0 Å². The van der Waals surface area contributed by atoms with Gasteiger partial charge in [-0.25, -0.2) is 4.98 Å². The number of nitrogens with zero attached hydrogens (tertiary/aromatic N) is 4. The molecule has 0 aromatic carbocycles. The van der Waals surface area contributed by atoms with Crippen LogP contribution in [0.15, 0.2) is 6.33 Å². The van der Waals surface area contributed by atoms with Gasteiger partial charge in [-0.15, -0.1) is 0 Å². The third kappa shape index (κ3) is 1.93. The molecule has 0 saturated carbocycles. The minimum atomic E-state index is 0.670. The summed E-state index contributed by atoms with van der Waals surface area (Å²) in [7, 11) is 1.93. The number of hydrogen-bond donors (Lipinski definition) is 1. The van der Waals surface area contributed by atoms with E-state index in [0.29, 0.717) is 5.92 Å². The van der Waals surface area contributed by atoms with Gasteiger partial charge in [0.25, 0.3) is 0 Å². The molecule has 78 valence electrons. The lowest BCUT2D eigenvalue weighted by molar-refractivity contribution is 0.304. The molecule has 1 atom stereocenters. The second kappa shape index (κ2) is 4.06. The number of aromatic nitrogens is 3. The normalized spacial score (nSPS) is 23.1. The highest BCUT2D eigenvalue weighted by Gasteiger charge is 2.21. The van der Waals surface area contributed by atoms with Crippen molar-refractivity contribution in [2.24, 2.45) is 18.7 Å². The fourth-order valence-corrected chi connectivity index (χ4v) is 1.91. The molecule has 2 heterocycles. The maximum Gasteiger partial charge on any atom is 0.140 e. The first-order chi connectivity index (χ1) is 6.79. The molecular formula is C9H17N5. The first-order valence-corrected chi connectivity index (χ1v) is 5.05. The molecule has 0 amide bonds. The van der Waals surface area contributed by atoms with E-state index in [2.05, 4.69) is 15.0 Å². The third-order valence-corrected chi connectivity index (χ3v) is 2.87. The van der Waals surface area contributed by atoms with Crippen LogP contribution in [-0.4, -0.2) is 39.3 Å². The van der Waals surface area contributed by atoms with Crippen LogP contribution < -0.4 is 5.73 Å². The van der Waals surface area contributed by atoms with Crippen molar-refractivity contribution >= 4 is 0 Å². The lowest BCUT2D eigenvalue weighted by Gasteiger charge is -2.14. The van der Waals surface area contributed by atoms with E-state index in [1.165, 1.54) is 6.42 Å². The van der Waals surface area contributed by atoms with E-state index in [0.717, 1.165) is 32.0 Å². The van der Waals surface area contributed by atoms with Gasteiger partial charge in [-0.05, 0) is 25.4 Å². The van der Waals surface area contributed by atoms with E-state index in [1.54, 1.807) is 6.33 Å². The Morgan fingerprint density at radius 1 is 1.64 bits per heavy atom. The van der Waals surface area contributed by atoms with Crippen LogP contribution in [-0.2, 0) is 13.6 Å². The van der Waals surface area contributed by atoms with Crippen molar-refractivity contribution in [3.8, 4) is 0 Å². The molecule has 0 radical (unpaired) electrons. The Balaban J connectivity index is 1.90. The van der Waals surface area contributed by atoms with Crippen molar-refractivity contribution < 1.29 is 0 Å². The summed E-state index contributed by atoms with van der Waals surface area (Å²) in [6.45, 7) is 3.93. The van der Waals surface area contributed by atoms with Gasteiger partial charge < -0.3 is 5.73 Å². The highest BCUT2D eigenvalue weighted by atomic mass is 15.3. The second-order valence-electron chi connectivity index (χ2n) is 3.93. The van der Waals surface area contributed by atoms with Crippen molar-refractivity contribution in [3.63, 3.8) is 0 Å². The van der Waals surface area contributed by atoms with Gasteiger partial charge in [-0.3, -0.25) is 9.58 Å². The van der Waals surface area contributed by atoms with E-state index < -0.39 is 0 Å². The fourth-order valence-electron chi connectivity index (χ4n) is 1.91. The Hall–Kier alpha value is -0.940. The Morgan fingerprint density at radius 2 is 2.50 bits per heavy atom. The molecule has 1 fully saturated rings. The zero-order valence-electron chi connectivity index (χ0n) is 8.56. The Morgan fingerprint density at radius 3 is 3.07 bits per heavy atom. The maximum absolute atomic E-state index is 5.64. The predicted molar refractivity (Wildman–Crippen MR) is 53.4 cm³/mol. The minimum Gasteiger partial charge on any atom is -0.330 e. The van der Waals surface area contributed by atoms with Crippen LogP contribution in [0.4, 0.5) is 0 Å². The Bertz CT molecular complexity index is 295. The third-order valence-electron chi connectivity index (χ3n) is 2.87. The van der Waals surface area contributed by atoms with Crippen molar-refractivity contribution in [3.05, 3.63) is 12.2 Å². The first kappa shape index (κ1) is 9.61. The molecule has 14 heavy (non-hydrogen) atoms. The van der Waals surface area contributed by atoms with E-state index in [1.807, 2.05) is 11.7 Å². The van der Waals surface area contributed by atoms with Crippen molar-refractivity contribution in [2.75, 3.05) is 19.6 Å². The summed E-state index contributed by atoms with van der Waals surface area (Å²) in [5.74, 6) is 1.70. The molecule has 1 aromatic rings. The van der Waals surface area contributed by atoms with Crippen LogP contribution in [0.25, 0.3) is 0 Å². The molecule has 1 aliphatic heterocycles. The second-order valence-corrected chi connectivity index (χ2v) is 3.93. The topological polar surface area (TPSA) is 60.0 Å². The standard InChI is InChI=1S/C9H17N5/c1-13-9(11-7-12-13)6-14-3-2-8(4-10)5-14/h7-8H,2-6,10H2,1H3. The Labute approximate surface area is 83.9 Å². The van der Waals surface area contributed by atoms with Gasteiger partial charge in [0.05, 0.1) is 6.54 Å². The van der Waals surface area contributed by atoms with Crippen molar-refractivity contribution in [1.82, 2.24) is 19.7 Å². The fraction of sp³-hybridized carbons (Fsp3) is 0.778. The van der Waals surface area contributed by atoms with E-state index >= 15 is 0 Å². The Kier molecular flexibility index (Phi) is 2.79. The summed E-state index contributed by atoms with van der Waals surface area (Å²) >= 11 is 0. The highest BCUT2D eigenvalue weighted by Crippen LogP contribution is 2.16. The average molecular weight is 195 g/mol. The summed E-state index contributed by atoms with van der Waals surface area (Å²) in [6, 6.07) is 0. The van der Waals surface area contributed by atoms with Gasteiger partial charge >= 0.3 is 0 Å². The molecule has 0 spiro atoms. The van der Waals surface area contributed by atoms with Crippen molar-refractivity contribution in [2.45, 2.75) is 13.0 Å². The largest absolute Gasteiger partial charge is 0.330 e. The molecular weight excluding hydrogens is 178 g/mol. The van der Waals surface area contributed by atoms with E-state index in [9.17, 15) is 0 Å². The van der Waals surface area contributed by atoms with Crippen LogP contribution in [0.2, 0.25) is 0 Å². The summed E-state index contributed by atoms with van der Waals surface area (Å²) in [5, 5.41) is 4.05. The van der Waals surface area contributed by atoms with Crippen LogP contribution in [0.3, 0.4) is 0 Å². The lowest BCUT2D eigenvalue weighted by Crippen LogP contribution is -2.24. The van der Waals surface area contributed by atoms with Gasteiger partial charge in [-0.1, -0.05) is 0 Å². The first-order valence-electron chi connectivity index (χ1n) is 5.05. The zero-order chi connectivity index (χ0) is 9.97. The molecule has 1 aliphatic rings. The molecule has 1 unspecified atom stereocenters. The number of rotatable bonds is 3. The van der Waals surface area contributed by atoms with Gasteiger partial charge in [0.15, 0.2) is 0 Å². The highest BCUT2D eigenvalue weighted by molar-refractivity contribution is 4.86. The van der Waals surface area contributed by atoms with E-state index in [-0.39, 0.29) is 0 Å². The van der Waals surface area contributed by atoms with Gasteiger partial charge in [0.2, 0.25) is 0 Å². The maximum atomic E-state index is 5.64. The lowest BCUT2D eigenvalue weighted by atomic mass is 10.1. The number of aryl methyl sites for hydroxylation is 1. The molecule has 2 N–H and O–H groups in total. The van der Waals surface area contributed by atoms with E-state index in [4.69, 9.17) is 5.73 Å². The summed E-state index contributed by atoms with van der Waals surface area (Å²) in [5.41, 5.74) is 5.64. The molecule has 0 aliphatic carbocycles. The van der Waals surface area contributed by atoms with Gasteiger partial charge in [0, 0.05) is 13.6 Å². The SMILES string of the molecule is Cn1ncnc1CN1CCC(CN)C1. The van der Waals surface area contributed by atoms with Gasteiger partial charge in [-0.2, -0.15) is 5.10 Å². The predicted octanol–water partition coefficient (Wildman–Crippen LogP) is -0.404. The molecule has 1 aromatic heterocycles. The summed E-state index contributed by atoms with van der Waals surface area (Å²) in [6.07, 6.45) is 2.82. The summed E-state index contributed by atoms with van der Waals surface area (Å²) < 4.78 is 1.83. The smallest absolute Gasteiger partial charge is 0.140 e. The van der Waals surface area contributed by atoms with Crippen LogP contribution in [0.1, 0.15) is 12.2 Å². The molecule has 5 heteroatoms. The number of hydrogen-bond acceptors (Lipinski definition) is 4. The molecule has 5 nitrogen and oxygen atoms in total.